The summed E-state index contributed by atoms with van der Waals surface area (Å²) in [6, 6.07) is 9.40. The number of carbonyl (C=O) groups excluding carboxylic acids is 1. The van der Waals surface area contributed by atoms with Gasteiger partial charge in [0, 0.05) is 30.8 Å². The van der Waals surface area contributed by atoms with Crippen LogP contribution >= 0.6 is 0 Å². The number of hydrogen-bond donors (Lipinski definition) is 0. The van der Waals surface area contributed by atoms with Gasteiger partial charge in [-0.15, -0.1) is 0 Å². The first-order valence-electron chi connectivity index (χ1n) is 9.03. The van der Waals surface area contributed by atoms with Crippen molar-refractivity contribution in [3.63, 3.8) is 0 Å². The first kappa shape index (κ1) is 15.3. The van der Waals surface area contributed by atoms with Crippen LogP contribution in [0.1, 0.15) is 59.5 Å². The van der Waals surface area contributed by atoms with Crippen molar-refractivity contribution in [1.29, 1.82) is 0 Å². The normalized spacial score (nSPS) is 19.0. The molecule has 1 unspecified atom stereocenters. The van der Waals surface area contributed by atoms with Crippen molar-refractivity contribution in [2.45, 2.75) is 44.7 Å². The molecule has 1 fully saturated rings. The Balaban J connectivity index is 1.54. The van der Waals surface area contributed by atoms with Crippen molar-refractivity contribution < 1.29 is 9.32 Å². The monoisotopic (exact) mass is 349 g/mol. The third-order valence-corrected chi connectivity index (χ3v) is 5.06. The second-order valence-electron chi connectivity index (χ2n) is 6.85. The van der Waals surface area contributed by atoms with Crippen LogP contribution in [0, 0.1) is 0 Å². The van der Waals surface area contributed by atoms with E-state index >= 15 is 0 Å². The quantitative estimate of drug-likeness (QED) is 0.723. The summed E-state index contributed by atoms with van der Waals surface area (Å²) in [6.07, 6.45) is 4.72. The Labute approximate surface area is 150 Å². The van der Waals surface area contributed by atoms with Gasteiger partial charge in [0.05, 0.1) is 0 Å². The van der Waals surface area contributed by atoms with Crippen LogP contribution in [0.15, 0.2) is 41.1 Å². The van der Waals surface area contributed by atoms with E-state index in [9.17, 15) is 4.79 Å². The number of benzene rings is 1. The number of rotatable bonds is 4. The molecule has 2 aromatic heterocycles. The zero-order chi connectivity index (χ0) is 17.7. The summed E-state index contributed by atoms with van der Waals surface area (Å²) in [4.78, 5) is 19.6. The molecule has 1 aliphatic heterocycles. The molecule has 1 aliphatic carbocycles. The molecule has 3 aromatic rings. The zero-order valence-corrected chi connectivity index (χ0v) is 14.5. The lowest BCUT2D eigenvalue weighted by Gasteiger charge is -2.22. The fourth-order valence-corrected chi connectivity index (χ4v) is 3.50. The molecule has 0 saturated heterocycles. The molecule has 0 N–H and O–H groups in total. The second kappa shape index (κ2) is 5.79. The molecular formula is C19H19N5O2. The number of carbonyl (C=O) groups is 1. The Bertz CT molecular complexity index is 972. The molecule has 132 valence electrons. The number of aromatic nitrogens is 4. The topological polar surface area (TPSA) is 77.0 Å². The zero-order valence-electron chi connectivity index (χ0n) is 14.5. The van der Waals surface area contributed by atoms with E-state index in [1.54, 1.807) is 15.6 Å². The lowest BCUT2D eigenvalue weighted by molar-refractivity contribution is 0.0969. The van der Waals surface area contributed by atoms with Crippen molar-refractivity contribution in [2.24, 2.45) is 0 Å². The summed E-state index contributed by atoms with van der Waals surface area (Å²) in [7, 11) is 0. The molecule has 0 radical (unpaired) electrons. The molecule has 0 bridgehead atoms. The summed E-state index contributed by atoms with van der Waals surface area (Å²) in [5, 5.41) is 8.50. The van der Waals surface area contributed by atoms with E-state index in [4.69, 9.17) is 4.52 Å². The van der Waals surface area contributed by atoms with Gasteiger partial charge in [-0.3, -0.25) is 14.4 Å². The molecular weight excluding hydrogens is 330 g/mol. The standard InChI is InChI=1S/C19H19N5O2/c1-2-23-10-9-14(21-23)19(25)24-15-6-4-3-5-13(15)11-16(24)18-20-17(22-26-18)12-7-8-12/h3-6,9-10,12,16H,2,7-8,11H2,1H3. The van der Waals surface area contributed by atoms with Gasteiger partial charge in [-0.1, -0.05) is 23.4 Å². The molecule has 3 heterocycles. The van der Waals surface area contributed by atoms with Gasteiger partial charge in [0.15, 0.2) is 11.5 Å². The molecule has 0 spiro atoms. The van der Waals surface area contributed by atoms with Gasteiger partial charge >= 0.3 is 0 Å². The Morgan fingerprint density at radius 3 is 2.88 bits per heavy atom. The summed E-state index contributed by atoms with van der Waals surface area (Å²) < 4.78 is 7.30. The van der Waals surface area contributed by atoms with E-state index in [0.717, 1.165) is 36.5 Å². The van der Waals surface area contributed by atoms with Gasteiger partial charge in [0.1, 0.15) is 6.04 Å². The van der Waals surface area contributed by atoms with Crippen LogP contribution in [0.2, 0.25) is 0 Å². The first-order chi connectivity index (χ1) is 12.7. The Morgan fingerprint density at radius 1 is 1.27 bits per heavy atom. The van der Waals surface area contributed by atoms with Crippen LogP contribution in [-0.2, 0) is 13.0 Å². The maximum Gasteiger partial charge on any atom is 0.279 e. The van der Waals surface area contributed by atoms with Crippen LogP contribution in [0.4, 0.5) is 5.69 Å². The highest BCUT2D eigenvalue weighted by Crippen LogP contribution is 2.42. The second-order valence-corrected chi connectivity index (χ2v) is 6.85. The third-order valence-electron chi connectivity index (χ3n) is 5.06. The summed E-state index contributed by atoms with van der Waals surface area (Å²) in [5.41, 5.74) is 2.42. The van der Waals surface area contributed by atoms with Gasteiger partial charge in [-0.2, -0.15) is 10.1 Å². The van der Waals surface area contributed by atoms with Gasteiger partial charge in [-0.25, -0.2) is 0 Å². The number of nitrogens with zero attached hydrogens (tertiary/aromatic N) is 5. The van der Waals surface area contributed by atoms with E-state index in [0.29, 0.717) is 23.9 Å². The SMILES string of the molecule is CCn1ccc(C(=O)N2c3ccccc3CC2c2nc(C3CC3)no2)n1. The number of anilines is 1. The molecule has 1 saturated carbocycles. The van der Waals surface area contributed by atoms with Crippen LogP contribution in [0.3, 0.4) is 0 Å². The van der Waals surface area contributed by atoms with E-state index in [2.05, 4.69) is 15.2 Å². The molecule has 1 amide bonds. The lowest BCUT2D eigenvalue weighted by Crippen LogP contribution is -2.32. The van der Waals surface area contributed by atoms with Gasteiger partial charge in [-0.05, 0) is 37.5 Å². The van der Waals surface area contributed by atoms with Crippen LogP contribution in [0.25, 0.3) is 0 Å². The Kier molecular flexibility index (Phi) is 3.41. The Morgan fingerprint density at radius 2 is 2.12 bits per heavy atom. The molecule has 1 atom stereocenters. The van der Waals surface area contributed by atoms with Crippen LogP contribution in [0.5, 0.6) is 0 Å². The Hall–Kier alpha value is -2.96. The fraction of sp³-hybridized carbons (Fsp3) is 0.368. The third kappa shape index (κ3) is 2.42. The smallest absolute Gasteiger partial charge is 0.279 e. The predicted octanol–water partition coefficient (Wildman–Crippen LogP) is 3.11. The minimum atomic E-state index is -0.285. The van der Waals surface area contributed by atoms with Gasteiger partial charge in [0.2, 0.25) is 5.89 Å². The summed E-state index contributed by atoms with van der Waals surface area (Å²) in [6.45, 7) is 2.72. The summed E-state index contributed by atoms with van der Waals surface area (Å²) in [5.74, 6) is 1.55. The van der Waals surface area contributed by atoms with Crippen molar-refractivity contribution in [3.05, 3.63) is 59.5 Å². The number of hydrogen-bond acceptors (Lipinski definition) is 5. The highest BCUT2D eigenvalue weighted by molar-refractivity contribution is 6.06. The first-order valence-corrected chi connectivity index (χ1v) is 9.03. The van der Waals surface area contributed by atoms with Crippen molar-refractivity contribution in [3.8, 4) is 0 Å². The molecule has 7 nitrogen and oxygen atoms in total. The fourth-order valence-electron chi connectivity index (χ4n) is 3.50. The van der Waals surface area contributed by atoms with Gasteiger partial charge < -0.3 is 4.52 Å². The van der Waals surface area contributed by atoms with Crippen molar-refractivity contribution >= 4 is 11.6 Å². The summed E-state index contributed by atoms with van der Waals surface area (Å²) >= 11 is 0. The molecule has 1 aromatic carbocycles. The largest absolute Gasteiger partial charge is 0.337 e. The van der Waals surface area contributed by atoms with Crippen molar-refractivity contribution in [1.82, 2.24) is 19.9 Å². The maximum atomic E-state index is 13.2. The molecule has 2 aliphatic rings. The minimum Gasteiger partial charge on any atom is -0.337 e. The van der Waals surface area contributed by atoms with E-state index in [1.165, 1.54) is 0 Å². The molecule has 26 heavy (non-hydrogen) atoms. The van der Waals surface area contributed by atoms with E-state index in [1.807, 2.05) is 37.4 Å². The minimum absolute atomic E-state index is 0.140. The number of aryl methyl sites for hydroxylation is 1. The number of fused-ring (bicyclic) bond motifs is 1. The average Bonchev–Trinajstić information content (AvgIpc) is 3.12. The maximum absolute atomic E-state index is 13.2. The highest BCUT2D eigenvalue weighted by atomic mass is 16.5. The van der Waals surface area contributed by atoms with E-state index < -0.39 is 0 Å². The van der Waals surface area contributed by atoms with Gasteiger partial charge in [0.25, 0.3) is 5.91 Å². The average molecular weight is 349 g/mol. The predicted molar refractivity (Wildman–Crippen MR) is 93.9 cm³/mol. The number of para-hydroxylation sites is 1. The van der Waals surface area contributed by atoms with E-state index in [-0.39, 0.29) is 11.9 Å². The molecule has 5 rings (SSSR count). The highest BCUT2D eigenvalue weighted by Gasteiger charge is 2.40. The van der Waals surface area contributed by atoms with Crippen LogP contribution in [-0.4, -0.2) is 25.8 Å². The molecule has 7 heteroatoms. The van der Waals surface area contributed by atoms with Crippen LogP contribution < -0.4 is 4.90 Å². The number of amides is 1. The lowest BCUT2D eigenvalue weighted by atomic mass is 10.1. The van der Waals surface area contributed by atoms with Crippen molar-refractivity contribution in [2.75, 3.05) is 4.90 Å².